The van der Waals surface area contributed by atoms with Gasteiger partial charge in [0.1, 0.15) is 12.1 Å². The van der Waals surface area contributed by atoms with Gasteiger partial charge in [-0.05, 0) is 24.9 Å². The molecule has 0 aliphatic heterocycles. The Morgan fingerprint density at radius 1 is 0.938 bits per heavy atom. The van der Waals surface area contributed by atoms with Crippen LogP contribution < -0.4 is 27.4 Å². The minimum absolute atomic E-state index is 0.336. The highest BCUT2D eigenvalue weighted by atomic mass is 16.4. The van der Waals surface area contributed by atoms with Gasteiger partial charge in [0.25, 0.3) is 0 Å². The SMILES string of the molecule is NCCCC[C@@H](N)C(=O)NCC(=O)N[C@H](C(=O)N[C@@H](CC(=O)O)C(=O)O)c1ccccc1. The number of amides is 3. The van der Waals surface area contributed by atoms with Crippen LogP contribution in [0.4, 0.5) is 0 Å². The molecule has 0 saturated heterocycles. The molecule has 0 aliphatic carbocycles. The standard InChI is InChI=1S/C20H29N5O7/c21-9-5-4-8-13(22)18(29)23-11-15(26)25-17(12-6-2-1-3-7-12)19(30)24-14(20(31)32)10-16(27)28/h1-3,6-7,13-14,17H,4-5,8-11,21-22H2,(H,23,29)(H,24,30)(H,25,26)(H,27,28)(H,31,32)/t13-,14+,17+/m1/s1. The van der Waals surface area contributed by atoms with Crippen molar-refractivity contribution in [1.29, 1.82) is 0 Å². The fourth-order valence-electron chi connectivity index (χ4n) is 2.73. The third-order valence-electron chi connectivity index (χ3n) is 4.42. The Bertz CT molecular complexity index is 803. The maximum Gasteiger partial charge on any atom is 0.326 e. The predicted molar refractivity (Wildman–Crippen MR) is 113 cm³/mol. The number of carbonyl (C=O) groups excluding carboxylic acids is 3. The molecule has 0 spiro atoms. The highest BCUT2D eigenvalue weighted by Crippen LogP contribution is 2.13. The van der Waals surface area contributed by atoms with Crippen molar-refractivity contribution in [3.8, 4) is 0 Å². The number of hydrogen-bond acceptors (Lipinski definition) is 7. The van der Waals surface area contributed by atoms with Gasteiger partial charge in [0, 0.05) is 0 Å². The minimum atomic E-state index is -1.69. The third kappa shape index (κ3) is 9.53. The number of hydrogen-bond donors (Lipinski definition) is 7. The molecule has 0 saturated carbocycles. The fraction of sp³-hybridized carbons (Fsp3) is 0.450. The van der Waals surface area contributed by atoms with Gasteiger partial charge in [-0.1, -0.05) is 36.8 Å². The summed E-state index contributed by atoms with van der Waals surface area (Å²) >= 11 is 0. The van der Waals surface area contributed by atoms with E-state index in [1.54, 1.807) is 18.2 Å². The summed E-state index contributed by atoms with van der Waals surface area (Å²) in [6, 6.07) is 4.15. The Morgan fingerprint density at radius 2 is 1.59 bits per heavy atom. The van der Waals surface area contributed by atoms with E-state index in [0.717, 1.165) is 0 Å². The van der Waals surface area contributed by atoms with E-state index in [4.69, 9.17) is 21.7 Å². The van der Waals surface area contributed by atoms with Crippen LogP contribution in [0.25, 0.3) is 0 Å². The van der Waals surface area contributed by atoms with Crippen LogP contribution in [-0.2, 0) is 24.0 Å². The lowest BCUT2D eigenvalue weighted by molar-refractivity contribution is -0.147. The molecule has 3 atom stereocenters. The average Bonchev–Trinajstić information content (AvgIpc) is 2.75. The molecule has 0 unspecified atom stereocenters. The molecule has 0 heterocycles. The van der Waals surface area contributed by atoms with E-state index in [-0.39, 0.29) is 0 Å². The third-order valence-corrected chi connectivity index (χ3v) is 4.42. The van der Waals surface area contributed by atoms with Gasteiger partial charge in [-0.3, -0.25) is 19.2 Å². The summed E-state index contributed by atoms with van der Waals surface area (Å²) in [4.78, 5) is 59.1. The quantitative estimate of drug-likeness (QED) is 0.163. The van der Waals surface area contributed by atoms with Crippen molar-refractivity contribution >= 4 is 29.7 Å². The van der Waals surface area contributed by atoms with E-state index in [1.165, 1.54) is 12.1 Å². The largest absolute Gasteiger partial charge is 0.481 e. The second-order valence-corrected chi connectivity index (χ2v) is 7.02. The van der Waals surface area contributed by atoms with Gasteiger partial charge in [0.05, 0.1) is 19.0 Å². The van der Waals surface area contributed by atoms with Crippen molar-refractivity contribution in [1.82, 2.24) is 16.0 Å². The molecule has 0 bridgehead atoms. The lowest BCUT2D eigenvalue weighted by Crippen LogP contribution is -2.50. The molecule has 1 aromatic rings. The minimum Gasteiger partial charge on any atom is -0.481 e. The van der Waals surface area contributed by atoms with Crippen LogP contribution in [0.2, 0.25) is 0 Å². The van der Waals surface area contributed by atoms with Crippen LogP contribution in [0, 0.1) is 0 Å². The lowest BCUT2D eigenvalue weighted by atomic mass is 10.0. The number of carbonyl (C=O) groups is 5. The number of rotatable bonds is 14. The molecule has 9 N–H and O–H groups in total. The maximum atomic E-state index is 12.7. The Balaban J connectivity index is 2.80. The van der Waals surface area contributed by atoms with E-state index < -0.39 is 60.8 Å². The van der Waals surface area contributed by atoms with Crippen molar-refractivity contribution in [2.24, 2.45) is 11.5 Å². The topological polar surface area (TPSA) is 214 Å². The summed E-state index contributed by atoms with van der Waals surface area (Å²) in [6.45, 7) is 0.0202. The number of nitrogens with one attached hydrogen (secondary N) is 3. The lowest BCUT2D eigenvalue weighted by Gasteiger charge is -2.21. The molecule has 0 aliphatic rings. The van der Waals surface area contributed by atoms with Crippen molar-refractivity contribution in [2.75, 3.05) is 13.1 Å². The highest BCUT2D eigenvalue weighted by Gasteiger charge is 2.29. The first-order valence-corrected chi connectivity index (χ1v) is 9.98. The molecule has 0 radical (unpaired) electrons. The normalized spacial score (nSPS) is 13.3. The zero-order valence-corrected chi connectivity index (χ0v) is 17.5. The Labute approximate surface area is 184 Å². The molecule has 1 rings (SSSR count). The molecular formula is C20H29N5O7. The summed E-state index contributed by atoms with van der Waals surface area (Å²) in [6.07, 6.45) is 0.942. The molecule has 0 fully saturated rings. The maximum absolute atomic E-state index is 12.7. The van der Waals surface area contributed by atoms with E-state index in [9.17, 15) is 24.0 Å². The second-order valence-electron chi connectivity index (χ2n) is 7.02. The van der Waals surface area contributed by atoms with Crippen LogP contribution in [0.5, 0.6) is 0 Å². The fourth-order valence-corrected chi connectivity index (χ4v) is 2.73. The summed E-state index contributed by atoms with van der Waals surface area (Å²) in [5.41, 5.74) is 11.5. The first-order chi connectivity index (χ1) is 15.1. The molecule has 3 amide bonds. The monoisotopic (exact) mass is 451 g/mol. The molecule has 12 heteroatoms. The number of nitrogens with two attached hydrogens (primary N) is 2. The zero-order valence-electron chi connectivity index (χ0n) is 17.5. The first-order valence-electron chi connectivity index (χ1n) is 9.98. The number of carboxylic acid groups (broad SMARTS) is 2. The van der Waals surface area contributed by atoms with Gasteiger partial charge < -0.3 is 37.6 Å². The van der Waals surface area contributed by atoms with Gasteiger partial charge in [-0.15, -0.1) is 0 Å². The van der Waals surface area contributed by atoms with Gasteiger partial charge in [0.2, 0.25) is 17.7 Å². The number of benzene rings is 1. The van der Waals surface area contributed by atoms with Crippen molar-refractivity contribution in [2.45, 2.75) is 43.8 Å². The molecule has 1 aromatic carbocycles. The number of aliphatic carboxylic acids is 2. The van der Waals surface area contributed by atoms with Gasteiger partial charge in [-0.2, -0.15) is 0 Å². The molecule has 176 valence electrons. The van der Waals surface area contributed by atoms with Gasteiger partial charge in [0.15, 0.2) is 0 Å². The van der Waals surface area contributed by atoms with Crippen LogP contribution in [0.3, 0.4) is 0 Å². The van der Waals surface area contributed by atoms with E-state index in [0.29, 0.717) is 31.4 Å². The molecule has 0 aromatic heterocycles. The van der Waals surface area contributed by atoms with Gasteiger partial charge in [-0.25, -0.2) is 4.79 Å². The van der Waals surface area contributed by atoms with Crippen LogP contribution in [0.15, 0.2) is 30.3 Å². The molecular weight excluding hydrogens is 422 g/mol. The molecule has 32 heavy (non-hydrogen) atoms. The van der Waals surface area contributed by atoms with Crippen LogP contribution in [0.1, 0.15) is 37.3 Å². The summed E-state index contributed by atoms with van der Waals surface area (Å²) in [5, 5.41) is 24.9. The predicted octanol–water partition coefficient (Wildman–Crippen LogP) is -1.54. The number of unbranched alkanes of at least 4 members (excludes halogenated alkanes) is 1. The van der Waals surface area contributed by atoms with E-state index in [1.807, 2.05) is 0 Å². The van der Waals surface area contributed by atoms with E-state index >= 15 is 0 Å². The highest BCUT2D eigenvalue weighted by molar-refractivity contribution is 5.93. The van der Waals surface area contributed by atoms with Gasteiger partial charge >= 0.3 is 11.9 Å². The summed E-state index contributed by atoms with van der Waals surface area (Å²) < 4.78 is 0. The average molecular weight is 451 g/mol. The molecule has 12 nitrogen and oxygen atoms in total. The van der Waals surface area contributed by atoms with Crippen LogP contribution in [-0.4, -0.2) is 65.0 Å². The van der Waals surface area contributed by atoms with Crippen molar-refractivity contribution < 1.29 is 34.2 Å². The Hall–Kier alpha value is -3.51. The summed E-state index contributed by atoms with van der Waals surface area (Å²) in [7, 11) is 0. The van der Waals surface area contributed by atoms with Crippen LogP contribution >= 0.6 is 0 Å². The first kappa shape index (κ1) is 26.5. The smallest absolute Gasteiger partial charge is 0.326 e. The zero-order chi connectivity index (χ0) is 24.1. The second kappa shape index (κ2) is 13.7. The summed E-state index contributed by atoms with van der Waals surface area (Å²) in [5.74, 6) is -5.12. The van der Waals surface area contributed by atoms with Crippen molar-refractivity contribution in [3.05, 3.63) is 35.9 Å². The Morgan fingerprint density at radius 3 is 2.16 bits per heavy atom. The number of carboxylic acids is 2. The van der Waals surface area contributed by atoms with E-state index in [2.05, 4.69) is 16.0 Å². The van der Waals surface area contributed by atoms with Crippen molar-refractivity contribution in [3.63, 3.8) is 0 Å². The Kier molecular flexibility index (Phi) is 11.4.